The number of hydrogen-bond donors (Lipinski definition) is 1. The Morgan fingerprint density at radius 1 is 1.62 bits per heavy atom. The molecule has 3 nitrogen and oxygen atoms in total. The van der Waals surface area contributed by atoms with Crippen molar-refractivity contribution in [2.45, 2.75) is 37.4 Å². The van der Waals surface area contributed by atoms with E-state index < -0.39 is 16.2 Å². The second-order valence-electron chi connectivity index (χ2n) is 3.13. The van der Waals surface area contributed by atoms with Gasteiger partial charge in [-0.15, -0.1) is 0 Å². The summed E-state index contributed by atoms with van der Waals surface area (Å²) >= 11 is 0. The minimum Gasteiger partial charge on any atom is -0.605 e. The van der Waals surface area contributed by atoms with Crippen LogP contribution in [0, 0.1) is 0 Å². The summed E-state index contributed by atoms with van der Waals surface area (Å²) < 4.78 is 11.3. The van der Waals surface area contributed by atoms with E-state index in [1.807, 2.05) is 0 Å². The summed E-state index contributed by atoms with van der Waals surface area (Å²) in [5.41, 5.74) is 0. The molecule has 1 N–H and O–H groups in total. The first-order valence-corrected chi connectivity index (χ1v) is 7.17. The third-order valence-electron chi connectivity index (χ3n) is 2.08. The molecule has 0 amide bonds. The normalized spacial score (nSPS) is 27.8. The molecular formula is C8H14O3S2. The van der Waals surface area contributed by atoms with Crippen molar-refractivity contribution in [3.63, 3.8) is 0 Å². The molecule has 0 aliphatic carbocycles. The number of unbranched alkanes of at least 4 members (excludes halogenated alkanes) is 1. The Hall–Kier alpha value is 0.130. The fourth-order valence-corrected chi connectivity index (χ4v) is 4.84. The van der Waals surface area contributed by atoms with E-state index in [2.05, 4.69) is 0 Å². The van der Waals surface area contributed by atoms with Gasteiger partial charge in [0, 0.05) is 28.8 Å². The number of carboxylic acid groups (broad SMARTS) is 1. The third kappa shape index (κ3) is 4.24. The molecule has 2 atom stereocenters. The predicted molar refractivity (Wildman–Crippen MR) is 55.1 cm³/mol. The molecule has 1 aliphatic rings. The summed E-state index contributed by atoms with van der Waals surface area (Å²) in [6.45, 7) is 0. The molecule has 5 heteroatoms. The predicted octanol–water partition coefficient (Wildman–Crippen LogP) is 1.80. The third-order valence-corrected chi connectivity index (χ3v) is 5.74. The highest BCUT2D eigenvalue weighted by molar-refractivity contribution is 8.72. The van der Waals surface area contributed by atoms with Crippen LogP contribution in [0.15, 0.2) is 0 Å². The molecule has 1 heterocycles. The van der Waals surface area contributed by atoms with E-state index in [0.717, 1.165) is 25.0 Å². The van der Waals surface area contributed by atoms with Gasteiger partial charge in [-0.2, -0.15) is 0 Å². The smallest absolute Gasteiger partial charge is 0.303 e. The molecule has 76 valence electrons. The summed E-state index contributed by atoms with van der Waals surface area (Å²) in [6, 6.07) is 0. The summed E-state index contributed by atoms with van der Waals surface area (Å²) in [7, 11) is 0.820. The van der Waals surface area contributed by atoms with Crippen molar-refractivity contribution < 1.29 is 14.5 Å². The molecule has 1 unspecified atom stereocenters. The highest BCUT2D eigenvalue weighted by Crippen LogP contribution is 2.33. The highest BCUT2D eigenvalue weighted by Gasteiger charge is 2.30. The van der Waals surface area contributed by atoms with Crippen LogP contribution >= 0.6 is 10.8 Å². The van der Waals surface area contributed by atoms with Gasteiger partial charge in [0.15, 0.2) is 0 Å². The maximum Gasteiger partial charge on any atom is 0.303 e. The van der Waals surface area contributed by atoms with Gasteiger partial charge in [-0.1, -0.05) is 0 Å². The number of rotatable bonds is 5. The fraction of sp³-hybridized carbons (Fsp3) is 0.875. The zero-order valence-corrected chi connectivity index (χ0v) is 9.03. The van der Waals surface area contributed by atoms with Gasteiger partial charge in [0.1, 0.15) is 5.25 Å². The number of aliphatic carboxylic acids is 1. The van der Waals surface area contributed by atoms with E-state index in [1.165, 1.54) is 10.8 Å². The second kappa shape index (κ2) is 5.78. The molecule has 0 saturated carbocycles. The average molecular weight is 222 g/mol. The highest BCUT2D eigenvalue weighted by atomic mass is 33.1. The molecule has 1 fully saturated rings. The molecule has 1 rings (SSSR count). The summed E-state index contributed by atoms with van der Waals surface area (Å²) in [6.07, 6.45) is 3.81. The summed E-state index contributed by atoms with van der Waals surface area (Å²) in [4.78, 5) is 10.2. The summed E-state index contributed by atoms with van der Waals surface area (Å²) in [5, 5.41) is 8.71. The van der Waals surface area contributed by atoms with Crippen molar-refractivity contribution in [1.82, 2.24) is 0 Å². The van der Waals surface area contributed by atoms with E-state index >= 15 is 0 Å². The van der Waals surface area contributed by atoms with Gasteiger partial charge < -0.3 is 9.66 Å². The molecule has 0 aromatic rings. The van der Waals surface area contributed by atoms with Crippen LogP contribution in [0.1, 0.15) is 32.1 Å². The Balaban J connectivity index is 2.02. The molecule has 0 aromatic carbocycles. The quantitative estimate of drug-likeness (QED) is 0.438. The van der Waals surface area contributed by atoms with Gasteiger partial charge in [-0.05, 0) is 19.3 Å². The second-order valence-corrected chi connectivity index (χ2v) is 6.66. The van der Waals surface area contributed by atoms with Crippen molar-refractivity contribution in [1.29, 1.82) is 0 Å². The van der Waals surface area contributed by atoms with E-state index in [0.29, 0.717) is 11.7 Å². The van der Waals surface area contributed by atoms with Gasteiger partial charge in [0.25, 0.3) is 0 Å². The first-order chi connectivity index (χ1) is 6.20. The molecule has 1 aliphatic heterocycles. The molecule has 13 heavy (non-hydrogen) atoms. The molecule has 0 aromatic heterocycles. The van der Waals surface area contributed by atoms with E-state index in [-0.39, 0.29) is 6.42 Å². The SMILES string of the molecule is O=C(O)CCCC[C@@H]1CCS[S+]1[O-]. The van der Waals surface area contributed by atoms with Gasteiger partial charge in [0.2, 0.25) is 0 Å². The molecule has 0 spiro atoms. The number of carboxylic acids is 1. The standard InChI is InChI=1S/C8H14O3S2/c9-8(10)4-2-1-3-7-5-6-12-13(7)11/h7H,1-6H2,(H,9,10)/t7-,13?/m1/s1. The van der Waals surface area contributed by atoms with E-state index in [1.54, 1.807) is 0 Å². The minimum atomic E-state index is -0.734. The lowest BCUT2D eigenvalue weighted by molar-refractivity contribution is -0.137. The minimum absolute atomic E-state index is 0.243. The monoisotopic (exact) mass is 222 g/mol. The fourth-order valence-electron chi connectivity index (χ4n) is 1.34. The van der Waals surface area contributed by atoms with Crippen molar-refractivity contribution >= 4 is 27.0 Å². The first kappa shape index (κ1) is 11.2. The van der Waals surface area contributed by atoms with Crippen LogP contribution in [0.3, 0.4) is 0 Å². The van der Waals surface area contributed by atoms with Crippen LogP contribution in [0.4, 0.5) is 0 Å². The van der Waals surface area contributed by atoms with Crippen LogP contribution in [-0.4, -0.2) is 26.6 Å². The lowest BCUT2D eigenvalue weighted by Gasteiger charge is -2.10. The lowest BCUT2D eigenvalue weighted by Crippen LogP contribution is -2.12. The Morgan fingerprint density at radius 2 is 2.38 bits per heavy atom. The Bertz CT molecular complexity index is 175. The van der Waals surface area contributed by atoms with Crippen molar-refractivity contribution in [3.05, 3.63) is 0 Å². The average Bonchev–Trinajstić information content (AvgIpc) is 2.45. The van der Waals surface area contributed by atoms with Crippen molar-refractivity contribution in [2.75, 3.05) is 5.75 Å². The van der Waals surface area contributed by atoms with Crippen molar-refractivity contribution in [3.8, 4) is 0 Å². The van der Waals surface area contributed by atoms with Crippen LogP contribution in [0.25, 0.3) is 0 Å². The van der Waals surface area contributed by atoms with Crippen LogP contribution < -0.4 is 0 Å². The Morgan fingerprint density at radius 3 is 2.92 bits per heavy atom. The summed E-state index contributed by atoms with van der Waals surface area (Å²) in [5.74, 6) is 0.262. The largest absolute Gasteiger partial charge is 0.605 e. The maximum atomic E-state index is 11.3. The first-order valence-electron chi connectivity index (χ1n) is 4.46. The molecule has 0 radical (unpaired) electrons. The molecular weight excluding hydrogens is 208 g/mol. The van der Waals surface area contributed by atoms with Gasteiger partial charge in [0.05, 0.1) is 10.8 Å². The topological polar surface area (TPSA) is 60.4 Å². The lowest BCUT2D eigenvalue weighted by atomic mass is 10.1. The number of hydrogen-bond acceptors (Lipinski definition) is 3. The van der Waals surface area contributed by atoms with Gasteiger partial charge >= 0.3 is 5.97 Å². The van der Waals surface area contributed by atoms with Crippen LogP contribution in [0.2, 0.25) is 0 Å². The van der Waals surface area contributed by atoms with Crippen LogP contribution in [0.5, 0.6) is 0 Å². The van der Waals surface area contributed by atoms with Gasteiger partial charge in [-0.3, -0.25) is 4.79 Å². The van der Waals surface area contributed by atoms with Crippen LogP contribution in [-0.2, 0) is 15.0 Å². The van der Waals surface area contributed by atoms with E-state index in [9.17, 15) is 9.35 Å². The maximum absolute atomic E-state index is 11.3. The number of carbonyl (C=O) groups is 1. The Labute approximate surface area is 84.9 Å². The zero-order valence-electron chi connectivity index (χ0n) is 7.40. The van der Waals surface area contributed by atoms with Crippen molar-refractivity contribution in [2.24, 2.45) is 0 Å². The molecule has 1 saturated heterocycles. The zero-order chi connectivity index (χ0) is 9.68. The van der Waals surface area contributed by atoms with Gasteiger partial charge in [-0.25, -0.2) is 0 Å². The van der Waals surface area contributed by atoms with E-state index in [4.69, 9.17) is 5.11 Å². The molecule has 0 bridgehead atoms. The Kier molecular flexibility index (Phi) is 4.98.